The monoisotopic (exact) mass is 402 g/mol. The van der Waals surface area contributed by atoms with Crippen molar-refractivity contribution in [3.8, 4) is 11.5 Å². The molecule has 3 heteroatoms. The zero-order chi connectivity index (χ0) is 22.1. The summed E-state index contributed by atoms with van der Waals surface area (Å²) >= 11 is 0. The summed E-state index contributed by atoms with van der Waals surface area (Å²) in [6.07, 6.45) is 0.628. The van der Waals surface area contributed by atoms with Gasteiger partial charge in [0.25, 0.3) is 0 Å². The molecule has 0 aliphatic carbocycles. The molecule has 0 aliphatic heterocycles. The van der Waals surface area contributed by atoms with Crippen molar-refractivity contribution in [3.63, 3.8) is 0 Å². The van der Waals surface area contributed by atoms with E-state index in [1.165, 1.54) is 0 Å². The van der Waals surface area contributed by atoms with E-state index < -0.39 is 0 Å². The van der Waals surface area contributed by atoms with Crippen molar-refractivity contribution < 1.29 is 14.6 Å². The first-order valence-electron chi connectivity index (χ1n) is 10.3. The van der Waals surface area contributed by atoms with Gasteiger partial charge in [-0.15, -0.1) is 0 Å². The topological polar surface area (TPSA) is 46.5 Å². The summed E-state index contributed by atoms with van der Waals surface area (Å²) in [6, 6.07) is 17.2. The minimum atomic E-state index is -0.365. The molecule has 0 saturated heterocycles. The van der Waals surface area contributed by atoms with Crippen LogP contribution in [0.3, 0.4) is 0 Å². The number of benzene rings is 3. The van der Waals surface area contributed by atoms with Gasteiger partial charge in [0.15, 0.2) is 0 Å². The number of aromatic hydroxyl groups is 1. The van der Waals surface area contributed by atoms with Crippen molar-refractivity contribution >= 4 is 5.97 Å². The predicted octanol–water partition coefficient (Wildman–Crippen LogP) is 6.37. The molecule has 0 aliphatic rings. The van der Waals surface area contributed by atoms with Crippen LogP contribution in [0.2, 0.25) is 0 Å². The van der Waals surface area contributed by atoms with Crippen LogP contribution in [-0.2, 0) is 11.8 Å². The molecule has 0 amide bonds. The second kappa shape index (κ2) is 8.35. The minimum Gasteiger partial charge on any atom is -0.507 e. The van der Waals surface area contributed by atoms with Gasteiger partial charge in [0.2, 0.25) is 0 Å². The lowest BCUT2D eigenvalue weighted by Crippen LogP contribution is -2.22. The molecule has 0 bridgehead atoms. The highest BCUT2D eigenvalue weighted by Crippen LogP contribution is 2.39. The lowest BCUT2D eigenvalue weighted by molar-refractivity contribution is 0.0731. The van der Waals surface area contributed by atoms with E-state index >= 15 is 0 Å². The van der Waals surface area contributed by atoms with Crippen molar-refractivity contribution in [2.24, 2.45) is 0 Å². The molecule has 1 N–H and O–H groups in total. The largest absolute Gasteiger partial charge is 0.507 e. The average molecular weight is 403 g/mol. The van der Waals surface area contributed by atoms with Crippen molar-refractivity contribution in [2.45, 2.75) is 53.4 Å². The van der Waals surface area contributed by atoms with Crippen LogP contribution in [0.4, 0.5) is 0 Å². The highest BCUT2D eigenvalue weighted by molar-refractivity contribution is 5.91. The molecule has 3 nitrogen and oxygen atoms in total. The van der Waals surface area contributed by atoms with Gasteiger partial charge in [0.1, 0.15) is 11.5 Å². The van der Waals surface area contributed by atoms with Gasteiger partial charge in [-0.3, -0.25) is 0 Å². The number of phenolic OH excluding ortho intramolecular Hbond substituents is 1. The molecule has 0 spiro atoms. The molecule has 0 unspecified atom stereocenters. The molecule has 0 saturated carbocycles. The minimum absolute atomic E-state index is 0.331. The van der Waals surface area contributed by atoms with Gasteiger partial charge < -0.3 is 9.84 Å². The molecule has 0 radical (unpaired) electrons. The van der Waals surface area contributed by atoms with E-state index in [9.17, 15) is 9.90 Å². The van der Waals surface area contributed by atoms with Crippen LogP contribution < -0.4 is 4.74 Å². The maximum atomic E-state index is 12.7. The van der Waals surface area contributed by atoms with E-state index in [1.54, 1.807) is 12.1 Å². The molecular weight excluding hydrogens is 372 g/mol. The molecule has 3 rings (SSSR count). The number of hydrogen-bond donors (Lipinski definition) is 1. The fourth-order valence-electron chi connectivity index (χ4n) is 4.09. The number of hydrogen-bond acceptors (Lipinski definition) is 3. The molecule has 3 aromatic carbocycles. The second-order valence-electron chi connectivity index (χ2n) is 8.86. The average Bonchev–Trinajstić information content (AvgIpc) is 2.67. The van der Waals surface area contributed by atoms with Crippen LogP contribution in [0, 0.1) is 27.7 Å². The Bertz CT molecular complexity index is 1080. The summed E-state index contributed by atoms with van der Waals surface area (Å²) < 4.78 is 5.88. The van der Waals surface area contributed by atoms with Crippen LogP contribution >= 0.6 is 0 Å². The molecule has 0 heterocycles. The quantitative estimate of drug-likeness (QED) is 0.399. The Morgan fingerprint density at radius 1 is 0.900 bits per heavy atom. The van der Waals surface area contributed by atoms with Crippen molar-refractivity contribution in [1.82, 2.24) is 0 Å². The summed E-state index contributed by atoms with van der Waals surface area (Å²) in [5.41, 5.74) is 6.06. The van der Waals surface area contributed by atoms with Crippen molar-refractivity contribution in [2.75, 3.05) is 0 Å². The van der Waals surface area contributed by atoms with Crippen molar-refractivity contribution in [1.29, 1.82) is 0 Å². The number of phenols is 1. The Labute approximate surface area is 179 Å². The Hall–Kier alpha value is -3.07. The number of carbonyl (C=O) groups excluding carboxylic acids is 1. The summed E-state index contributed by atoms with van der Waals surface area (Å²) in [6.45, 7) is 12.2. The third-order valence-electron chi connectivity index (χ3n) is 5.51. The Morgan fingerprint density at radius 3 is 2.17 bits per heavy atom. The van der Waals surface area contributed by atoms with Gasteiger partial charge in [-0.25, -0.2) is 4.79 Å². The third kappa shape index (κ3) is 4.56. The van der Waals surface area contributed by atoms with Gasteiger partial charge in [0, 0.05) is 5.56 Å². The first-order chi connectivity index (χ1) is 14.1. The summed E-state index contributed by atoms with van der Waals surface area (Å²) in [5.74, 6) is 0.569. The SMILES string of the molecule is Cc1cc(C)c(OC(=O)c2ccccc2)c(CC(C)(C)c2cc(C)cc(C)c2O)c1. The smallest absolute Gasteiger partial charge is 0.343 e. The number of ether oxygens (including phenoxy) is 1. The maximum absolute atomic E-state index is 12.7. The fourth-order valence-corrected chi connectivity index (χ4v) is 4.09. The van der Waals surface area contributed by atoms with Crippen LogP contribution in [-0.4, -0.2) is 11.1 Å². The molecule has 0 atom stereocenters. The lowest BCUT2D eigenvalue weighted by atomic mass is 9.77. The van der Waals surface area contributed by atoms with E-state index in [2.05, 4.69) is 19.9 Å². The lowest BCUT2D eigenvalue weighted by Gasteiger charge is -2.29. The molecule has 0 aromatic heterocycles. The fraction of sp³-hybridized carbons (Fsp3) is 0.296. The number of esters is 1. The van der Waals surface area contributed by atoms with Gasteiger partial charge in [-0.1, -0.05) is 67.4 Å². The van der Waals surface area contributed by atoms with Crippen LogP contribution in [0.25, 0.3) is 0 Å². The molecule has 3 aromatic rings. The van der Waals surface area contributed by atoms with Gasteiger partial charge >= 0.3 is 5.97 Å². The summed E-state index contributed by atoms with van der Waals surface area (Å²) in [5, 5.41) is 10.7. The Morgan fingerprint density at radius 2 is 1.50 bits per heavy atom. The molecular formula is C27H30O3. The van der Waals surface area contributed by atoms with E-state index in [0.717, 1.165) is 33.4 Å². The van der Waals surface area contributed by atoms with Gasteiger partial charge in [-0.2, -0.15) is 0 Å². The van der Waals surface area contributed by atoms with Crippen LogP contribution in [0.5, 0.6) is 11.5 Å². The van der Waals surface area contributed by atoms with Gasteiger partial charge in [-0.05, 0) is 68.4 Å². The van der Waals surface area contributed by atoms with Crippen LogP contribution in [0.15, 0.2) is 54.6 Å². The van der Waals surface area contributed by atoms with E-state index in [0.29, 0.717) is 23.5 Å². The molecule has 156 valence electrons. The van der Waals surface area contributed by atoms with E-state index in [1.807, 2.05) is 64.1 Å². The van der Waals surface area contributed by atoms with Gasteiger partial charge in [0.05, 0.1) is 5.56 Å². The first-order valence-corrected chi connectivity index (χ1v) is 10.3. The maximum Gasteiger partial charge on any atom is 0.343 e. The number of carbonyl (C=O) groups is 1. The summed E-state index contributed by atoms with van der Waals surface area (Å²) in [4.78, 5) is 12.7. The van der Waals surface area contributed by atoms with Crippen LogP contribution in [0.1, 0.15) is 57.6 Å². The Kier molecular flexibility index (Phi) is 6.02. The number of aryl methyl sites for hydroxylation is 4. The highest BCUT2D eigenvalue weighted by Gasteiger charge is 2.28. The first kappa shape index (κ1) is 21.6. The van der Waals surface area contributed by atoms with E-state index in [-0.39, 0.29) is 11.4 Å². The molecule has 0 fully saturated rings. The zero-order valence-electron chi connectivity index (χ0n) is 18.7. The third-order valence-corrected chi connectivity index (χ3v) is 5.51. The molecule has 30 heavy (non-hydrogen) atoms. The number of rotatable bonds is 5. The second-order valence-corrected chi connectivity index (χ2v) is 8.86. The highest BCUT2D eigenvalue weighted by atomic mass is 16.5. The Balaban J connectivity index is 2.01. The standard InChI is InChI=1S/C27H30O3/c1-17-13-20(4)25(30-26(29)21-10-8-7-9-11-21)22(14-17)16-27(5,6)23-15-18(2)12-19(3)24(23)28/h7-15,28H,16H2,1-6H3. The zero-order valence-corrected chi connectivity index (χ0v) is 18.7. The van der Waals surface area contributed by atoms with E-state index in [4.69, 9.17) is 4.74 Å². The normalized spacial score (nSPS) is 11.4. The van der Waals surface area contributed by atoms with Crippen molar-refractivity contribution in [3.05, 3.63) is 93.5 Å². The predicted molar refractivity (Wildman–Crippen MR) is 122 cm³/mol. The summed E-state index contributed by atoms with van der Waals surface area (Å²) in [7, 11) is 0.